The lowest BCUT2D eigenvalue weighted by Crippen LogP contribution is -1.90. The Morgan fingerprint density at radius 1 is 1.09 bits per heavy atom. The van der Waals surface area contributed by atoms with Gasteiger partial charge in [-0.1, -0.05) is 36.4 Å². The van der Waals surface area contributed by atoms with Crippen LogP contribution in [0.4, 0.5) is 0 Å². The van der Waals surface area contributed by atoms with Gasteiger partial charge in [0.1, 0.15) is 11.5 Å². The van der Waals surface area contributed by atoms with Crippen LogP contribution in [0.1, 0.15) is 18.1 Å². The van der Waals surface area contributed by atoms with E-state index in [2.05, 4.69) is 10.2 Å². The van der Waals surface area contributed by atoms with Crippen LogP contribution in [0, 0.1) is 0 Å². The van der Waals surface area contributed by atoms with Crippen molar-refractivity contribution in [3.8, 4) is 22.8 Å². The number of aromatic hydroxyl groups is 1. The number of phenols is 1. The minimum absolute atomic E-state index is 0.229. The van der Waals surface area contributed by atoms with Crippen LogP contribution in [-0.2, 0) is 0 Å². The van der Waals surface area contributed by atoms with Gasteiger partial charge in [-0.05, 0) is 36.8 Å². The molecule has 0 aliphatic carbocycles. The predicted octanol–water partition coefficient (Wildman–Crippen LogP) is 4.35. The van der Waals surface area contributed by atoms with Gasteiger partial charge in [0.05, 0.1) is 18.5 Å². The van der Waals surface area contributed by atoms with E-state index in [-0.39, 0.29) is 5.75 Å². The molecule has 4 heteroatoms. The Hall–Kier alpha value is -3.01. The number of para-hydroxylation sites is 1. The zero-order valence-electron chi connectivity index (χ0n) is 12.9. The number of H-pyrrole nitrogens is 1. The number of nitrogens with zero attached hydrogens (tertiary/aromatic N) is 1. The summed E-state index contributed by atoms with van der Waals surface area (Å²) in [6.45, 7) is 2.63. The number of ether oxygens (including phenoxy) is 1. The lowest BCUT2D eigenvalue weighted by molar-refractivity contribution is 0.340. The molecule has 1 heterocycles. The van der Waals surface area contributed by atoms with Crippen molar-refractivity contribution in [2.45, 2.75) is 6.92 Å². The third-order valence-corrected chi connectivity index (χ3v) is 3.49. The normalized spacial score (nSPS) is 11.0. The Labute approximate surface area is 135 Å². The summed E-state index contributed by atoms with van der Waals surface area (Å²) in [5, 5.41) is 17.0. The number of hydrogen-bond acceptors (Lipinski definition) is 3. The maximum absolute atomic E-state index is 9.99. The highest BCUT2D eigenvalue weighted by Gasteiger charge is 2.08. The Morgan fingerprint density at radius 2 is 1.87 bits per heavy atom. The fraction of sp³-hybridized carbons (Fsp3) is 0.105. The molecule has 3 aromatic rings. The maximum Gasteiger partial charge on any atom is 0.124 e. The summed E-state index contributed by atoms with van der Waals surface area (Å²) in [7, 11) is 0. The molecule has 0 aliphatic rings. The van der Waals surface area contributed by atoms with Crippen molar-refractivity contribution < 1.29 is 9.84 Å². The SMILES string of the molecule is CCOc1ccc(/C=C\c2cn[nH]c2-c2ccccc2O)cc1. The molecule has 0 bridgehead atoms. The van der Waals surface area contributed by atoms with Crippen molar-refractivity contribution in [2.24, 2.45) is 0 Å². The van der Waals surface area contributed by atoms with Crippen molar-refractivity contribution >= 4 is 12.2 Å². The van der Waals surface area contributed by atoms with Gasteiger partial charge in [0.15, 0.2) is 0 Å². The van der Waals surface area contributed by atoms with E-state index >= 15 is 0 Å². The molecule has 2 aromatic carbocycles. The first kappa shape index (κ1) is 14.9. The second-order valence-corrected chi connectivity index (χ2v) is 5.05. The second kappa shape index (κ2) is 6.83. The molecule has 4 nitrogen and oxygen atoms in total. The molecule has 0 spiro atoms. The predicted molar refractivity (Wildman–Crippen MR) is 92.2 cm³/mol. The summed E-state index contributed by atoms with van der Waals surface area (Å²) >= 11 is 0. The lowest BCUT2D eigenvalue weighted by Gasteiger charge is -2.03. The average Bonchev–Trinajstić information content (AvgIpc) is 3.03. The van der Waals surface area contributed by atoms with Crippen LogP contribution >= 0.6 is 0 Å². The maximum atomic E-state index is 9.99. The highest BCUT2D eigenvalue weighted by molar-refractivity contribution is 5.80. The summed E-state index contributed by atoms with van der Waals surface area (Å²) in [6.07, 6.45) is 5.72. The molecule has 23 heavy (non-hydrogen) atoms. The summed E-state index contributed by atoms with van der Waals surface area (Å²) in [5.41, 5.74) is 3.51. The van der Waals surface area contributed by atoms with E-state index in [0.29, 0.717) is 6.61 Å². The molecule has 0 saturated carbocycles. The van der Waals surface area contributed by atoms with Crippen molar-refractivity contribution in [1.29, 1.82) is 0 Å². The molecule has 0 unspecified atom stereocenters. The van der Waals surface area contributed by atoms with E-state index in [4.69, 9.17) is 4.74 Å². The molecule has 0 radical (unpaired) electrons. The van der Waals surface area contributed by atoms with Crippen molar-refractivity contribution in [1.82, 2.24) is 10.2 Å². The molecular weight excluding hydrogens is 288 g/mol. The number of phenolic OH excluding ortho intramolecular Hbond substituents is 1. The smallest absolute Gasteiger partial charge is 0.124 e. The third-order valence-electron chi connectivity index (χ3n) is 3.49. The van der Waals surface area contributed by atoms with E-state index in [0.717, 1.165) is 28.1 Å². The summed E-state index contributed by atoms with van der Waals surface area (Å²) in [5.74, 6) is 1.09. The van der Waals surface area contributed by atoms with Crippen LogP contribution in [0.5, 0.6) is 11.5 Å². The van der Waals surface area contributed by atoms with Crippen LogP contribution in [0.2, 0.25) is 0 Å². The van der Waals surface area contributed by atoms with Crippen LogP contribution < -0.4 is 4.74 Å². The molecule has 2 N–H and O–H groups in total. The number of aromatic nitrogens is 2. The van der Waals surface area contributed by atoms with E-state index in [1.54, 1.807) is 18.3 Å². The standard InChI is InChI=1S/C19H18N2O2/c1-2-23-16-11-8-14(9-12-16)7-10-15-13-20-21-19(15)17-5-3-4-6-18(17)22/h3-13,22H,2H2,1H3,(H,20,21)/b10-7-. The van der Waals surface area contributed by atoms with Crippen molar-refractivity contribution in [3.05, 3.63) is 65.9 Å². The van der Waals surface area contributed by atoms with Gasteiger partial charge in [0, 0.05) is 11.1 Å². The molecule has 116 valence electrons. The number of nitrogens with one attached hydrogen (secondary N) is 1. The summed E-state index contributed by atoms with van der Waals surface area (Å²) in [6, 6.07) is 15.1. The van der Waals surface area contributed by atoms with Gasteiger partial charge in [-0.15, -0.1) is 0 Å². The van der Waals surface area contributed by atoms with Crippen molar-refractivity contribution in [3.63, 3.8) is 0 Å². The fourth-order valence-corrected chi connectivity index (χ4v) is 2.35. The molecule has 0 fully saturated rings. The molecule has 3 rings (SSSR count). The van der Waals surface area contributed by atoms with Gasteiger partial charge < -0.3 is 9.84 Å². The summed E-state index contributed by atoms with van der Waals surface area (Å²) in [4.78, 5) is 0. The van der Waals surface area contributed by atoms with E-state index < -0.39 is 0 Å². The Kier molecular flexibility index (Phi) is 4.43. The molecule has 0 amide bonds. The third kappa shape index (κ3) is 3.43. The van der Waals surface area contributed by atoms with Crippen LogP contribution in [0.15, 0.2) is 54.7 Å². The van der Waals surface area contributed by atoms with Gasteiger partial charge in [-0.3, -0.25) is 5.10 Å². The van der Waals surface area contributed by atoms with Gasteiger partial charge in [0.2, 0.25) is 0 Å². The van der Waals surface area contributed by atoms with E-state index in [1.165, 1.54) is 0 Å². The van der Waals surface area contributed by atoms with Gasteiger partial charge in [-0.2, -0.15) is 5.10 Å². The minimum atomic E-state index is 0.229. The first-order chi connectivity index (χ1) is 11.3. The first-order valence-electron chi connectivity index (χ1n) is 7.50. The zero-order valence-corrected chi connectivity index (χ0v) is 12.9. The molecular formula is C19H18N2O2. The molecule has 0 aliphatic heterocycles. The van der Waals surface area contributed by atoms with E-state index in [9.17, 15) is 5.11 Å². The number of benzene rings is 2. The fourth-order valence-electron chi connectivity index (χ4n) is 2.35. The topological polar surface area (TPSA) is 58.1 Å². The zero-order chi connectivity index (χ0) is 16.1. The minimum Gasteiger partial charge on any atom is -0.507 e. The van der Waals surface area contributed by atoms with E-state index in [1.807, 2.05) is 55.5 Å². The van der Waals surface area contributed by atoms with Crippen LogP contribution in [0.3, 0.4) is 0 Å². The Balaban J connectivity index is 1.84. The average molecular weight is 306 g/mol. The van der Waals surface area contributed by atoms with Gasteiger partial charge in [-0.25, -0.2) is 0 Å². The van der Waals surface area contributed by atoms with Crippen LogP contribution in [0.25, 0.3) is 23.4 Å². The van der Waals surface area contributed by atoms with Gasteiger partial charge in [0.25, 0.3) is 0 Å². The number of aromatic amines is 1. The van der Waals surface area contributed by atoms with Crippen LogP contribution in [-0.4, -0.2) is 21.9 Å². The first-order valence-corrected chi connectivity index (χ1v) is 7.50. The highest BCUT2D eigenvalue weighted by atomic mass is 16.5. The second-order valence-electron chi connectivity index (χ2n) is 5.05. The molecule has 0 atom stereocenters. The highest BCUT2D eigenvalue weighted by Crippen LogP contribution is 2.30. The number of hydrogen-bond donors (Lipinski definition) is 2. The number of rotatable bonds is 5. The largest absolute Gasteiger partial charge is 0.507 e. The Bertz CT molecular complexity index is 804. The van der Waals surface area contributed by atoms with Gasteiger partial charge >= 0.3 is 0 Å². The quantitative estimate of drug-likeness (QED) is 0.736. The lowest BCUT2D eigenvalue weighted by atomic mass is 10.1. The molecule has 0 saturated heterocycles. The summed E-state index contributed by atoms with van der Waals surface area (Å²) < 4.78 is 5.43. The van der Waals surface area contributed by atoms with Crippen molar-refractivity contribution in [2.75, 3.05) is 6.61 Å². The molecule has 1 aromatic heterocycles. The Morgan fingerprint density at radius 3 is 2.61 bits per heavy atom. The monoisotopic (exact) mass is 306 g/mol.